The molecule has 0 saturated carbocycles. The van der Waals surface area contributed by atoms with Crippen LogP contribution in [0.15, 0.2) is 0 Å². The van der Waals surface area contributed by atoms with Crippen LogP contribution in [0.4, 0.5) is 0 Å². The number of unbranched alkanes of at least 4 members (excludes halogenated alkanes) is 1. The Hall–Kier alpha value is 1.06. The molecule has 0 aromatic rings. The number of quaternary nitrogens is 2. The summed E-state index contributed by atoms with van der Waals surface area (Å²) in [6.45, 7) is 9.13. The van der Waals surface area contributed by atoms with Crippen LogP contribution in [0.3, 0.4) is 0 Å². The molecule has 1 rings (SSSR count). The normalized spacial score (nSPS) is 15.0. The summed E-state index contributed by atoms with van der Waals surface area (Å²) < 4.78 is 58.5. The largest absolute Gasteiger partial charge is 0.748 e. The van der Waals surface area contributed by atoms with Crippen LogP contribution < -0.4 is 0 Å². The van der Waals surface area contributed by atoms with E-state index < -0.39 is 20.2 Å². The molecule has 43 heavy (non-hydrogen) atoms. The predicted octanol–water partition coefficient (Wildman–Crippen LogP) is 4.12. The lowest BCUT2D eigenvalue weighted by molar-refractivity contribution is -0.888. The second-order valence-electron chi connectivity index (χ2n) is 12.1. The van der Waals surface area contributed by atoms with Gasteiger partial charge in [-0.15, -0.1) is 0 Å². The third kappa shape index (κ3) is 39.2. The second kappa shape index (κ2) is 27.1. The lowest BCUT2D eigenvalue weighted by Gasteiger charge is -2.30. The molecule has 0 radical (unpaired) electrons. The van der Waals surface area contributed by atoms with Gasteiger partial charge in [0.25, 0.3) is 10.1 Å². The van der Waals surface area contributed by atoms with Crippen molar-refractivity contribution in [3.63, 3.8) is 0 Å². The molecule has 1 saturated heterocycles. The molecule has 264 valence electrons. The molecule has 0 aromatic carbocycles. The monoisotopic (exact) mass is 733 g/mol. The molecule has 0 amide bonds. The van der Waals surface area contributed by atoms with Crippen molar-refractivity contribution in [1.29, 1.82) is 0 Å². The van der Waals surface area contributed by atoms with Crippen LogP contribution in [-0.4, -0.2) is 177 Å². The quantitative estimate of drug-likeness (QED) is 0.0557. The van der Waals surface area contributed by atoms with Crippen LogP contribution in [0.1, 0.15) is 40.0 Å². The minimum atomic E-state index is -4.07. The number of nitrogens with zero attached hydrogens (tertiary/aromatic N) is 4. The Labute approximate surface area is 283 Å². The summed E-state index contributed by atoms with van der Waals surface area (Å²) >= 11 is 0. The van der Waals surface area contributed by atoms with Crippen molar-refractivity contribution in [3.8, 4) is 0 Å². The van der Waals surface area contributed by atoms with E-state index in [2.05, 4.69) is 77.3 Å². The maximum Gasteiger partial charge on any atom is 0.267 e. The molecule has 0 spiro atoms. The van der Waals surface area contributed by atoms with Gasteiger partial charge in [0, 0.05) is 36.8 Å². The van der Waals surface area contributed by atoms with Gasteiger partial charge in [-0.25, -0.2) is 8.42 Å². The van der Waals surface area contributed by atoms with Crippen LogP contribution in [0.5, 0.6) is 0 Å². The van der Waals surface area contributed by atoms with Gasteiger partial charge < -0.3 is 23.3 Å². The highest BCUT2D eigenvalue weighted by Crippen LogP contribution is 2.22. The zero-order chi connectivity index (χ0) is 32.7. The van der Waals surface area contributed by atoms with Crippen LogP contribution in [-0.2, 0) is 24.4 Å². The molecule has 0 aliphatic carbocycles. The molecule has 0 atom stereocenters. The maximum absolute atomic E-state index is 10.6. The summed E-state index contributed by atoms with van der Waals surface area (Å²) in [5.41, 5.74) is 0. The topological polar surface area (TPSA) is 107 Å². The van der Waals surface area contributed by atoms with Crippen molar-refractivity contribution in [2.45, 2.75) is 40.0 Å². The Morgan fingerprint density at radius 2 is 1.19 bits per heavy atom. The molecule has 0 aromatic heterocycles. The van der Waals surface area contributed by atoms with E-state index in [9.17, 15) is 21.4 Å². The molecule has 10 nitrogen and oxygen atoms in total. The van der Waals surface area contributed by atoms with Gasteiger partial charge in [0.2, 0.25) is 0 Å². The summed E-state index contributed by atoms with van der Waals surface area (Å²) in [5.74, 6) is 4.61. The standard InChI is InChI=1S/C15H35N2O3S3.C8H20N2S2.C3H6O3S.CH4/c1-6-7-9-16(2,3)11-13-21-22-14-12-17(4,5)10-8-15-23(18,19)20;1-9(2)5-7-11-12-8-6-10(3)4;4-7(5)3-1-2-6-7;/h6-15H2,1-5H3;5-8H2,1-4H3;1-3H2;1H4/q+1;;;. The fourth-order valence-corrected chi connectivity index (χ4v) is 9.44. The summed E-state index contributed by atoms with van der Waals surface area (Å²) in [5, 5.41) is 0. The SMILES string of the molecule is C.CCCC[N+](C)(C)CCSSCC[N+](C)(C)CCCS(=O)(=O)[O-].CN(C)CCSSCCN(C)C.O=S1(=O)CCCO1. The summed E-state index contributed by atoms with van der Waals surface area (Å²) in [6, 6.07) is 0. The van der Waals surface area contributed by atoms with E-state index in [0.717, 1.165) is 33.6 Å². The average Bonchev–Trinajstić information content (AvgIpc) is 3.25. The van der Waals surface area contributed by atoms with Crippen LogP contribution in [0.2, 0.25) is 0 Å². The van der Waals surface area contributed by atoms with Crippen LogP contribution in [0, 0.1) is 0 Å². The molecular weight excluding hydrogens is 669 g/mol. The summed E-state index contributed by atoms with van der Waals surface area (Å²) in [4.78, 5) is 4.44. The smallest absolute Gasteiger partial charge is 0.267 e. The molecule has 1 heterocycles. The van der Waals surface area contributed by atoms with Crippen molar-refractivity contribution in [2.24, 2.45) is 0 Å². The van der Waals surface area contributed by atoms with Crippen molar-refractivity contribution in [3.05, 3.63) is 0 Å². The fraction of sp³-hybridized carbons (Fsp3) is 1.00. The highest BCUT2D eigenvalue weighted by Gasteiger charge is 2.17. The van der Waals surface area contributed by atoms with Gasteiger partial charge in [0.15, 0.2) is 0 Å². The highest BCUT2D eigenvalue weighted by molar-refractivity contribution is 8.77. The molecule has 0 bridgehead atoms. The van der Waals surface area contributed by atoms with Gasteiger partial charge in [-0.2, -0.15) is 8.42 Å². The van der Waals surface area contributed by atoms with Crippen LogP contribution >= 0.6 is 43.2 Å². The van der Waals surface area contributed by atoms with Gasteiger partial charge in [-0.05, 0) is 41.0 Å². The Kier molecular flexibility index (Phi) is 30.5. The molecule has 1 aliphatic heterocycles. The molecule has 0 unspecified atom stereocenters. The second-order valence-corrected chi connectivity index (χ2v) is 20.8. The van der Waals surface area contributed by atoms with E-state index >= 15 is 0 Å². The van der Waals surface area contributed by atoms with E-state index in [4.69, 9.17) is 0 Å². The highest BCUT2D eigenvalue weighted by atomic mass is 33.1. The first-order chi connectivity index (χ1) is 19.3. The molecule has 16 heteroatoms. The molecule has 0 N–H and O–H groups in total. The van der Waals surface area contributed by atoms with E-state index in [0.29, 0.717) is 19.4 Å². The van der Waals surface area contributed by atoms with Crippen molar-refractivity contribution >= 4 is 63.4 Å². The molecular formula is C27H65N4O6S6+. The molecule has 1 aliphatic rings. The first-order valence-electron chi connectivity index (χ1n) is 14.5. The Morgan fingerprint density at radius 1 is 0.767 bits per heavy atom. The zero-order valence-corrected chi connectivity index (χ0v) is 32.6. The van der Waals surface area contributed by atoms with Crippen molar-refractivity contribution in [2.75, 3.05) is 137 Å². The zero-order valence-electron chi connectivity index (χ0n) is 27.7. The number of hydrogen-bond acceptors (Lipinski definition) is 12. The van der Waals surface area contributed by atoms with E-state index in [-0.39, 0.29) is 18.9 Å². The first-order valence-corrected chi connectivity index (χ1v) is 22.7. The summed E-state index contributed by atoms with van der Waals surface area (Å²) in [6.07, 6.45) is 3.64. The Bertz CT molecular complexity index is 836. The van der Waals surface area contributed by atoms with Crippen LogP contribution in [0.25, 0.3) is 0 Å². The minimum Gasteiger partial charge on any atom is -0.748 e. The lowest BCUT2D eigenvalue weighted by Crippen LogP contribution is -2.43. The lowest BCUT2D eigenvalue weighted by atomic mass is 10.3. The van der Waals surface area contributed by atoms with Gasteiger partial charge in [0.05, 0.1) is 88.4 Å². The average molecular weight is 734 g/mol. The van der Waals surface area contributed by atoms with Gasteiger partial charge in [-0.3, -0.25) is 4.18 Å². The third-order valence-electron chi connectivity index (χ3n) is 6.05. The summed E-state index contributed by atoms with van der Waals surface area (Å²) in [7, 11) is 17.9. The van der Waals surface area contributed by atoms with Gasteiger partial charge in [0.1, 0.15) is 0 Å². The number of rotatable bonds is 21. The Balaban J connectivity index is -0.000000660. The van der Waals surface area contributed by atoms with E-state index in [1.54, 1.807) is 0 Å². The van der Waals surface area contributed by atoms with Gasteiger partial charge in [-0.1, -0.05) is 63.9 Å². The first kappa shape index (κ1) is 48.5. The van der Waals surface area contributed by atoms with Crippen molar-refractivity contribution < 1.29 is 34.5 Å². The number of hydrogen-bond donors (Lipinski definition) is 0. The Morgan fingerprint density at radius 3 is 1.49 bits per heavy atom. The third-order valence-corrected chi connectivity index (χ3v) is 12.9. The van der Waals surface area contributed by atoms with Gasteiger partial charge >= 0.3 is 0 Å². The molecule has 1 fully saturated rings. The van der Waals surface area contributed by atoms with E-state index in [1.165, 1.54) is 50.5 Å². The minimum absolute atomic E-state index is 0. The predicted molar refractivity (Wildman–Crippen MR) is 196 cm³/mol. The van der Waals surface area contributed by atoms with E-state index in [1.807, 2.05) is 43.2 Å². The maximum atomic E-state index is 10.6. The van der Waals surface area contributed by atoms with Crippen molar-refractivity contribution in [1.82, 2.24) is 9.80 Å². The fourth-order valence-electron chi connectivity index (χ4n) is 3.20.